The number of aliphatic hydroxyl groups excluding tert-OH is 1. The summed E-state index contributed by atoms with van der Waals surface area (Å²) >= 11 is 0. The Bertz CT molecular complexity index is 282. The highest BCUT2D eigenvalue weighted by Gasteiger charge is 2.20. The van der Waals surface area contributed by atoms with Crippen LogP contribution < -0.4 is 5.32 Å². The Morgan fingerprint density at radius 3 is 2.40 bits per heavy atom. The molecular weight excluding hydrogens is 186 g/mol. The maximum atomic E-state index is 8.94. The summed E-state index contributed by atoms with van der Waals surface area (Å²) in [5.74, 6) is 0. The molecule has 0 bridgehead atoms. The van der Waals surface area contributed by atoms with Crippen molar-refractivity contribution in [1.29, 1.82) is 0 Å². The first kappa shape index (κ1) is 12.2. The summed E-state index contributed by atoms with van der Waals surface area (Å²) in [6.07, 6.45) is 0. The van der Waals surface area contributed by atoms with Crippen LogP contribution in [0.5, 0.6) is 0 Å². The van der Waals surface area contributed by atoms with Crippen LogP contribution in [0.25, 0.3) is 0 Å². The van der Waals surface area contributed by atoms with E-state index in [0.29, 0.717) is 0 Å². The maximum absolute atomic E-state index is 8.94. The van der Waals surface area contributed by atoms with Gasteiger partial charge >= 0.3 is 0 Å². The van der Waals surface area contributed by atoms with E-state index in [4.69, 9.17) is 5.11 Å². The predicted molar refractivity (Wildman–Crippen MR) is 64.0 cm³/mol. The minimum absolute atomic E-state index is 0.102. The first-order valence-electron chi connectivity index (χ1n) is 5.46. The van der Waals surface area contributed by atoms with Crippen LogP contribution in [0.4, 0.5) is 0 Å². The molecule has 2 nitrogen and oxygen atoms in total. The highest BCUT2D eigenvalue weighted by molar-refractivity contribution is 5.23. The molecule has 0 aliphatic heterocycles. The summed E-state index contributed by atoms with van der Waals surface area (Å²) in [6, 6.07) is 10.6. The first-order chi connectivity index (χ1) is 7.06. The van der Waals surface area contributed by atoms with Crippen molar-refractivity contribution < 1.29 is 5.11 Å². The van der Waals surface area contributed by atoms with Crippen molar-refractivity contribution in [1.82, 2.24) is 5.32 Å². The molecule has 1 atom stereocenters. The van der Waals surface area contributed by atoms with Crippen molar-refractivity contribution in [2.45, 2.75) is 32.2 Å². The minimum atomic E-state index is 0.102. The van der Waals surface area contributed by atoms with E-state index >= 15 is 0 Å². The van der Waals surface area contributed by atoms with Gasteiger partial charge in [0.25, 0.3) is 0 Å². The number of aliphatic hydroxyl groups is 1. The molecule has 0 spiro atoms. The van der Waals surface area contributed by atoms with Gasteiger partial charge in [0, 0.05) is 18.0 Å². The molecule has 0 aliphatic rings. The fraction of sp³-hybridized carbons (Fsp3) is 0.538. The standard InChI is InChI=1S/C13H21NO/c1-11(9-15)14-10-13(2,3)12-7-5-4-6-8-12/h4-8,11,14-15H,9-10H2,1-3H3. The fourth-order valence-corrected chi connectivity index (χ4v) is 1.49. The quantitative estimate of drug-likeness (QED) is 0.773. The Balaban J connectivity index is 2.59. The molecule has 84 valence electrons. The van der Waals surface area contributed by atoms with Gasteiger partial charge in [0.05, 0.1) is 6.61 Å². The van der Waals surface area contributed by atoms with Gasteiger partial charge in [-0.15, -0.1) is 0 Å². The third-order valence-corrected chi connectivity index (χ3v) is 2.72. The van der Waals surface area contributed by atoms with Crippen LogP contribution in [0.3, 0.4) is 0 Å². The Kier molecular flexibility index (Phi) is 4.30. The molecule has 0 amide bonds. The van der Waals surface area contributed by atoms with Crippen molar-refractivity contribution in [2.24, 2.45) is 0 Å². The van der Waals surface area contributed by atoms with Gasteiger partial charge < -0.3 is 10.4 Å². The molecule has 0 fully saturated rings. The summed E-state index contributed by atoms with van der Waals surface area (Å²) in [7, 11) is 0. The van der Waals surface area contributed by atoms with Crippen LogP contribution in [-0.2, 0) is 5.41 Å². The molecule has 1 aromatic rings. The lowest BCUT2D eigenvalue weighted by atomic mass is 9.84. The normalized spacial score (nSPS) is 13.9. The first-order valence-corrected chi connectivity index (χ1v) is 5.46. The molecule has 0 radical (unpaired) electrons. The van der Waals surface area contributed by atoms with Gasteiger partial charge in [-0.2, -0.15) is 0 Å². The van der Waals surface area contributed by atoms with Crippen molar-refractivity contribution in [3.8, 4) is 0 Å². The zero-order valence-corrected chi connectivity index (χ0v) is 9.83. The Morgan fingerprint density at radius 1 is 1.27 bits per heavy atom. The molecule has 15 heavy (non-hydrogen) atoms. The third kappa shape index (κ3) is 3.65. The molecule has 0 saturated heterocycles. The van der Waals surface area contributed by atoms with Crippen molar-refractivity contribution in [3.63, 3.8) is 0 Å². The zero-order chi connectivity index (χ0) is 11.3. The van der Waals surface area contributed by atoms with Gasteiger partial charge in [-0.1, -0.05) is 44.2 Å². The van der Waals surface area contributed by atoms with Crippen molar-refractivity contribution >= 4 is 0 Å². The summed E-state index contributed by atoms with van der Waals surface area (Å²) in [6.45, 7) is 7.46. The van der Waals surface area contributed by atoms with Gasteiger partial charge in [0.1, 0.15) is 0 Å². The zero-order valence-electron chi connectivity index (χ0n) is 9.83. The predicted octanol–water partition coefficient (Wildman–Crippen LogP) is 1.93. The van der Waals surface area contributed by atoms with E-state index in [1.54, 1.807) is 0 Å². The molecular formula is C13H21NO. The van der Waals surface area contributed by atoms with Gasteiger partial charge in [0.2, 0.25) is 0 Å². The molecule has 1 aromatic carbocycles. The minimum Gasteiger partial charge on any atom is -0.395 e. The van der Waals surface area contributed by atoms with E-state index in [1.807, 2.05) is 13.0 Å². The molecule has 0 heterocycles. The van der Waals surface area contributed by atoms with E-state index in [1.165, 1.54) is 5.56 Å². The lowest BCUT2D eigenvalue weighted by Crippen LogP contribution is -2.39. The van der Waals surface area contributed by atoms with Crippen molar-refractivity contribution in [2.75, 3.05) is 13.2 Å². The molecule has 1 rings (SSSR count). The van der Waals surface area contributed by atoms with Gasteiger partial charge in [-0.05, 0) is 12.5 Å². The Hall–Kier alpha value is -0.860. The second kappa shape index (κ2) is 5.29. The second-order valence-electron chi connectivity index (χ2n) is 4.71. The van der Waals surface area contributed by atoms with E-state index in [2.05, 4.69) is 43.4 Å². The van der Waals surface area contributed by atoms with Crippen LogP contribution in [0.1, 0.15) is 26.3 Å². The highest BCUT2D eigenvalue weighted by atomic mass is 16.3. The molecule has 2 N–H and O–H groups in total. The van der Waals surface area contributed by atoms with Crippen LogP contribution >= 0.6 is 0 Å². The average molecular weight is 207 g/mol. The van der Waals surface area contributed by atoms with E-state index in [0.717, 1.165) is 6.54 Å². The lowest BCUT2D eigenvalue weighted by molar-refractivity contribution is 0.245. The highest BCUT2D eigenvalue weighted by Crippen LogP contribution is 2.21. The summed E-state index contributed by atoms with van der Waals surface area (Å²) in [5, 5.41) is 12.3. The third-order valence-electron chi connectivity index (χ3n) is 2.72. The van der Waals surface area contributed by atoms with E-state index in [-0.39, 0.29) is 18.1 Å². The van der Waals surface area contributed by atoms with Crippen LogP contribution in [0, 0.1) is 0 Å². The Labute approximate surface area is 92.3 Å². The summed E-state index contributed by atoms with van der Waals surface area (Å²) in [4.78, 5) is 0. The summed E-state index contributed by atoms with van der Waals surface area (Å²) < 4.78 is 0. The number of nitrogens with one attached hydrogen (secondary N) is 1. The van der Waals surface area contributed by atoms with Gasteiger partial charge in [-0.3, -0.25) is 0 Å². The summed E-state index contributed by atoms with van der Waals surface area (Å²) in [5.41, 5.74) is 1.42. The van der Waals surface area contributed by atoms with E-state index < -0.39 is 0 Å². The fourth-order valence-electron chi connectivity index (χ4n) is 1.49. The SMILES string of the molecule is CC(CO)NCC(C)(C)c1ccccc1. The molecule has 0 aliphatic carbocycles. The Morgan fingerprint density at radius 2 is 1.87 bits per heavy atom. The number of benzene rings is 1. The maximum Gasteiger partial charge on any atom is 0.0581 e. The van der Waals surface area contributed by atoms with Crippen LogP contribution in [0.15, 0.2) is 30.3 Å². The topological polar surface area (TPSA) is 32.3 Å². The lowest BCUT2D eigenvalue weighted by Gasteiger charge is -2.27. The monoisotopic (exact) mass is 207 g/mol. The number of rotatable bonds is 5. The second-order valence-corrected chi connectivity index (χ2v) is 4.71. The largest absolute Gasteiger partial charge is 0.395 e. The molecule has 0 aromatic heterocycles. The van der Waals surface area contributed by atoms with Gasteiger partial charge in [0.15, 0.2) is 0 Å². The molecule has 2 heteroatoms. The molecule has 0 saturated carbocycles. The van der Waals surface area contributed by atoms with Crippen LogP contribution in [-0.4, -0.2) is 24.3 Å². The van der Waals surface area contributed by atoms with Crippen LogP contribution in [0.2, 0.25) is 0 Å². The number of hydrogen-bond donors (Lipinski definition) is 2. The number of hydrogen-bond acceptors (Lipinski definition) is 2. The smallest absolute Gasteiger partial charge is 0.0581 e. The average Bonchev–Trinajstić information content (AvgIpc) is 2.27. The van der Waals surface area contributed by atoms with E-state index in [9.17, 15) is 0 Å². The molecule has 1 unspecified atom stereocenters. The van der Waals surface area contributed by atoms with Crippen molar-refractivity contribution in [3.05, 3.63) is 35.9 Å². The van der Waals surface area contributed by atoms with Gasteiger partial charge in [-0.25, -0.2) is 0 Å².